The molecule has 6 aromatic rings. The molecule has 103 heavy (non-hydrogen) atoms. The van der Waals surface area contributed by atoms with Gasteiger partial charge in [-0.05, 0) is 142 Å². The van der Waals surface area contributed by atoms with E-state index < -0.39 is 150 Å². The van der Waals surface area contributed by atoms with Gasteiger partial charge in [0.25, 0.3) is 52.7 Å². The number of non-ortho nitro benzene ring substituents is 2. The normalized spacial score (nSPS) is 15.6. The summed E-state index contributed by atoms with van der Waals surface area (Å²) >= 11 is 5.62. The van der Waals surface area contributed by atoms with Gasteiger partial charge < -0.3 is 52.3 Å². The number of hydrogen-bond donors (Lipinski definition) is 8. The number of nitrogen functional groups attached to an aromatic ring is 1. The molecule has 10 rings (SSSR count). The number of hydrogen-bond acceptors (Lipinski definition) is 18. The quantitative estimate of drug-likeness (QED) is 0.0114. The molecule has 1 spiro atoms. The summed E-state index contributed by atoms with van der Waals surface area (Å²) in [5.74, 6) is -11.0. The first-order valence-electron chi connectivity index (χ1n) is 35.3. The van der Waals surface area contributed by atoms with Gasteiger partial charge in [-0.2, -0.15) is 5.26 Å². The number of nitriles is 2. The Labute approximate surface area is 621 Å². The maximum Gasteiger partial charge on any atom is 0.338 e. The van der Waals surface area contributed by atoms with Gasteiger partial charge in [-0.1, -0.05) is 26.2 Å². The third-order valence-corrected chi connectivity index (χ3v) is 15.2. The van der Waals surface area contributed by atoms with Crippen molar-refractivity contribution in [3.05, 3.63) is 197 Å². The number of carboxylic acid groups (broad SMARTS) is 2. The molecule has 4 fully saturated rings. The number of carbonyl (C=O) groups is 8. The second-order valence-corrected chi connectivity index (χ2v) is 27.7. The largest absolute Gasteiger partial charge is 0.481 e. The summed E-state index contributed by atoms with van der Waals surface area (Å²) in [5.41, 5.74) is 4.45. The number of nitro benzene ring substituents is 2. The third-order valence-electron chi connectivity index (χ3n) is 14.2. The van der Waals surface area contributed by atoms with Crippen LogP contribution in [0.1, 0.15) is 139 Å². The van der Waals surface area contributed by atoms with Crippen LogP contribution in [0.5, 0.6) is 0 Å². The van der Waals surface area contributed by atoms with E-state index in [4.69, 9.17) is 66.5 Å². The molecule has 28 nitrogen and oxygen atoms in total. The van der Waals surface area contributed by atoms with Crippen molar-refractivity contribution in [1.29, 1.82) is 10.5 Å². The van der Waals surface area contributed by atoms with Crippen molar-refractivity contribution < 1.29 is 114 Å². The van der Waals surface area contributed by atoms with Gasteiger partial charge in [0.05, 0.1) is 61.6 Å². The number of nitro groups is 2. The average Bonchev–Trinajstić information content (AvgIpc) is 1.55. The molecular formula is C67H71F5FeN14O14SSi. The number of aliphatic carboxylic acids is 1. The van der Waals surface area contributed by atoms with E-state index in [9.17, 15) is 75.7 Å². The Morgan fingerprint density at radius 2 is 1.09 bits per heavy atom. The van der Waals surface area contributed by atoms with E-state index in [0.717, 1.165) is 87.6 Å². The number of anilines is 4. The monoisotopic (exact) mass is 1520 g/mol. The van der Waals surface area contributed by atoms with Gasteiger partial charge in [-0.25, -0.2) is 32.0 Å². The number of carbonyl (C=O) groups excluding carboxylic acids is 6. The molecule has 2 heterocycles. The molecule has 3 saturated carbocycles. The fraction of sp³-hybridized carbons (Fsp3) is 0.299. The zero-order valence-corrected chi connectivity index (χ0v) is 57.7. The number of nitrogens with zero attached hydrogens (tertiary/aromatic N) is 8. The Bertz CT molecular complexity index is 4800. The Kier molecular flexibility index (Phi) is 26.6. The van der Waals surface area contributed by atoms with E-state index in [2.05, 4.69) is 26.9 Å². The maximum absolute atomic E-state index is 14.8. The first-order chi connectivity index (χ1) is 52.4. The molecule has 3 aliphatic carbocycles. The van der Waals surface area contributed by atoms with Gasteiger partial charge in [0, 0.05) is 116 Å². The van der Waals surface area contributed by atoms with E-state index >= 15 is 0 Å². The van der Waals surface area contributed by atoms with Crippen LogP contribution >= 0.6 is 12.2 Å². The molecule has 0 atom stereocenters. The summed E-state index contributed by atoms with van der Waals surface area (Å²) in [7, 11) is -1.33. The number of Topliss-reactive ketones (excluding diaryl/α,β-unsaturated/α-hetero) is 1. The summed E-state index contributed by atoms with van der Waals surface area (Å²) in [6.07, 6.45) is 8.35. The van der Waals surface area contributed by atoms with E-state index in [-0.39, 0.29) is 56.4 Å². The summed E-state index contributed by atoms with van der Waals surface area (Å²) in [4.78, 5) is 118. The summed E-state index contributed by atoms with van der Waals surface area (Å²) in [6, 6.07) is 19.3. The minimum absolute atomic E-state index is 0. The fourth-order valence-electron chi connectivity index (χ4n) is 8.57. The van der Waals surface area contributed by atoms with Crippen LogP contribution < -0.4 is 42.1 Å². The molecule has 4 aliphatic rings. The first kappa shape index (κ1) is 68.5. The SMILES string of the molecule is CC(=O)O.C[Si](C)(C)C#N.O=C(O)c1ccc([N+](=O)[O-])cc1F.O=C1CCC1.[2H]C([2H])([2H])NC(=O)c1ccc(N)cc1F.[2H]C([2H])([2H])NC(=O)c1ccc(N2C(=S)N(c3cnc([N+]#[C-])c(C)c3)C(=O)C23CCC3)cc1F.[2H]C([2H])([2H])NC(=O)c1ccc(NC2(C#N)CCC2)cc1F.[2H]C([2H])([2H])NC(=O)c1ccc([N+](=O)[O-])cc1F.[Fe]. The topological polar surface area (TPSA) is 421 Å². The Morgan fingerprint density at radius 3 is 1.41 bits per heavy atom. The van der Waals surface area contributed by atoms with Gasteiger partial charge in [0.15, 0.2) is 13.2 Å². The van der Waals surface area contributed by atoms with Gasteiger partial charge in [-0.15, -0.1) is 4.98 Å². The smallest absolute Gasteiger partial charge is 0.338 e. The van der Waals surface area contributed by atoms with Crippen molar-refractivity contribution in [3.63, 3.8) is 0 Å². The van der Waals surface area contributed by atoms with Crippen LogP contribution in [0.25, 0.3) is 4.85 Å². The number of amides is 5. The van der Waals surface area contributed by atoms with E-state index in [1.165, 1.54) is 41.4 Å². The Morgan fingerprint density at radius 1 is 0.680 bits per heavy atom. The number of carboxylic acids is 2. The second kappa shape index (κ2) is 40.0. The van der Waals surface area contributed by atoms with Crippen molar-refractivity contribution in [3.8, 4) is 11.8 Å². The Hall–Kier alpha value is -11.6. The van der Waals surface area contributed by atoms with E-state index in [1.807, 2.05) is 19.6 Å². The minimum atomic E-state index is -2.75. The van der Waals surface area contributed by atoms with Crippen LogP contribution in [-0.2, 0) is 31.5 Å². The Balaban J connectivity index is 0.000000480. The number of nitrogens with one attached hydrogen (secondary N) is 5. The maximum atomic E-state index is 14.8. The van der Waals surface area contributed by atoms with E-state index in [0.29, 0.717) is 60.5 Å². The zero-order valence-electron chi connectivity index (χ0n) is 66.8. The molecule has 0 radical (unpaired) electrons. The molecule has 1 aliphatic heterocycles. The van der Waals surface area contributed by atoms with Crippen LogP contribution in [0.15, 0.2) is 103 Å². The molecular weight excluding hydrogens is 1440 g/mol. The predicted octanol–water partition coefficient (Wildman–Crippen LogP) is 11.1. The number of benzene rings is 5. The van der Waals surface area contributed by atoms with Gasteiger partial charge >= 0.3 is 5.97 Å². The average molecular weight is 1520 g/mol. The van der Waals surface area contributed by atoms with E-state index in [1.54, 1.807) is 39.2 Å². The standard InChI is InChI=1S/C21H18FN5O2S.C13H14FN3O.C8H7FN2O3.C8H9FN2O.C7H4FNO4.C4H9NSi.C4H6O.C2H4O2.Fe/c1-12-9-14(11-25-17(12)23-2)26-19(29)21(7-4-8-21)27(20(26)30)13-5-6-15(16(22)10-13)18(28)24-3;1-16-12(18)10-4-3-9(7-11(10)14)17-13(8-15)5-2-6-13;1-10-8(12)6-3-2-5(11(13)14)4-7(6)9;1-11-8(12)6-3-2-5(10)4-7(6)9;8-6-3-4(9(12)13)1-2-5(6)7(10)11;1-6(2,3)4-5;5-4-2-1-3-4;1-2(3)4;/h5-6,9-11H,4,7-8H2,1,3H3,(H,24,28);3-4,7,17H,2,5-6H2,1H3,(H,16,18);2-4H,1H3,(H,10,12);2-4H,10H2,1H3,(H,11,12);1-3H,(H,10,11);1-3H3;1-3H2;1H3,(H,3,4);/i3D3;3*1D3;;;;;. The third kappa shape index (κ3) is 24.6. The number of ketones is 1. The number of rotatable bonds is 11. The van der Waals surface area contributed by atoms with Crippen molar-refractivity contribution in [2.75, 3.05) is 48.8 Å². The number of thiocarbonyl (C=S) groups is 1. The first-order valence-corrected chi connectivity index (χ1v) is 33.2. The number of aryl methyl sites for hydroxylation is 1. The van der Waals surface area contributed by atoms with Crippen LogP contribution in [0.2, 0.25) is 19.6 Å². The summed E-state index contributed by atoms with van der Waals surface area (Å²) in [6.45, 7) is 5.21. The molecule has 1 saturated heterocycles. The van der Waals surface area contributed by atoms with Gasteiger partial charge in [0.1, 0.15) is 52.1 Å². The molecule has 9 N–H and O–H groups in total. The molecule has 546 valence electrons. The van der Waals surface area contributed by atoms with Crippen LogP contribution in [0, 0.1) is 85.1 Å². The van der Waals surface area contributed by atoms with Crippen molar-refractivity contribution >= 4 is 113 Å². The van der Waals surface area contributed by atoms with Crippen LogP contribution in [0.4, 0.5) is 61.9 Å². The molecule has 5 aromatic carbocycles. The summed E-state index contributed by atoms with van der Waals surface area (Å²) in [5, 5.41) is 63.4. The minimum Gasteiger partial charge on any atom is -0.481 e. The number of aromatic nitrogens is 1. The van der Waals surface area contributed by atoms with Crippen LogP contribution in [0.3, 0.4) is 0 Å². The molecule has 36 heteroatoms. The molecule has 0 unspecified atom stereocenters. The zero-order chi connectivity index (χ0) is 87.1. The van der Waals surface area contributed by atoms with Crippen molar-refractivity contribution in [2.24, 2.45) is 0 Å². The number of nitrogens with two attached hydrogens (primary N) is 1. The number of halogens is 5. The van der Waals surface area contributed by atoms with Crippen molar-refractivity contribution in [1.82, 2.24) is 26.3 Å². The number of pyridine rings is 1. The second-order valence-electron chi connectivity index (χ2n) is 22.6. The molecule has 5 amide bonds. The van der Waals surface area contributed by atoms with Crippen LogP contribution in [-0.4, -0.2) is 124 Å². The number of aromatic carboxylic acids is 1. The van der Waals surface area contributed by atoms with Crippen molar-refractivity contribution in [2.45, 2.75) is 102 Å². The molecule has 0 bridgehead atoms. The molecule has 1 aromatic heterocycles. The predicted molar refractivity (Wildman–Crippen MR) is 372 cm³/mol. The fourth-order valence-corrected chi connectivity index (χ4v) is 9.04. The summed E-state index contributed by atoms with van der Waals surface area (Å²) < 4.78 is 151. The van der Waals surface area contributed by atoms with Gasteiger partial charge in [0.2, 0.25) is 0 Å². The van der Waals surface area contributed by atoms with Gasteiger partial charge in [-0.3, -0.25) is 58.7 Å².